The molecule has 30 heavy (non-hydrogen) atoms. The quantitative estimate of drug-likeness (QED) is 0.439. The van der Waals surface area contributed by atoms with Gasteiger partial charge in [-0.1, -0.05) is 47.2 Å². The number of carbonyl (C=O) groups is 1. The fourth-order valence-corrected chi connectivity index (χ4v) is 4.15. The van der Waals surface area contributed by atoms with Crippen LogP contribution in [0.3, 0.4) is 0 Å². The first-order valence-electron chi connectivity index (χ1n) is 9.38. The number of ether oxygens (including phenoxy) is 1. The van der Waals surface area contributed by atoms with Gasteiger partial charge in [0.1, 0.15) is 17.4 Å². The Balaban J connectivity index is 1.36. The Labute approximate surface area is 182 Å². The molecule has 0 atom stereocenters. The lowest BCUT2D eigenvalue weighted by Crippen LogP contribution is -2.11. The van der Waals surface area contributed by atoms with Crippen LogP contribution in [0.4, 0.5) is 5.13 Å². The van der Waals surface area contributed by atoms with Crippen LogP contribution in [0.2, 0.25) is 0 Å². The average molecular weight is 437 g/mol. The number of anilines is 1. The van der Waals surface area contributed by atoms with E-state index in [9.17, 15) is 4.79 Å². The summed E-state index contributed by atoms with van der Waals surface area (Å²) < 4.78 is 5.76. The number of nitrogens with one attached hydrogen (secondary N) is 1. The van der Waals surface area contributed by atoms with E-state index in [1.807, 2.05) is 18.4 Å². The monoisotopic (exact) mass is 436 g/mol. The third-order valence-electron chi connectivity index (χ3n) is 4.31. The lowest BCUT2D eigenvalue weighted by atomic mass is 10.1. The second-order valence-corrected chi connectivity index (χ2v) is 8.92. The van der Waals surface area contributed by atoms with Crippen LogP contribution in [0.25, 0.3) is 0 Å². The topological polar surface area (TPSA) is 77.0 Å². The van der Waals surface area contributed by atoms with Crippen molar-refractivity contribution in [3.05, 3.63) is 86.3 Å². The van der Waals surface area contributed by atoms with Gasteiger partial charge in [0.25, 0.3) is 5.91 Å². The van der Waals surface area contributed by atoms with Crippen LogP contribution < -0.4 is 10.1 Å². The highest BCUT2D eigenvalue weighted by molar-refractivity contribution is 7.15. The Morgan fingerprint density at radius 3 is 2.70 bits per heavy atom. The van der Waals surface area contributed by atoms with E-state index in [4.69, 9.17) is 4.74 Å². The van der Waals surface area contributed by atoms with Crippen LogP contribution in [0, 0.1) is 13.8 Å². The molecule has 4 rings (SSSR count). The Kier molecular flexibility index (Phi) is 6.15. The third kappa shape index (κ3) is 5.28. The molecule has 0 aliphatic rings. The Morgan fingerprint density at radius 1 is 1.10 bits per heavy atom. The number of aryl methyl sites for hydroxylation is 2. The molecule has 152 valence electrons. The molecule has 0 bridgehead atoms. The van der Waals surface area contributed by atoms with Crippen molar-refractivity contribution >= 4 is 33.7 Å². The lowest BCUT2D eigenvalue weighted by molar-refractivity contribution is 0.102. The van der Waals surface area contributed by atoms with E-state index in [0.29, 0.717) is 29.5 Å². The minimum atomic E-state index is -0.247. The van der Waals surface area contributed by atoms with Crippen LogP contribution >= 0.6 is 22.7 Å². The first-order chi connectivity index (χ1) is 14.5. The fourth-order valence-electron chi connectivity index (χ4n) is 2.78. The predicted octanol–water partition coefficient (Wildman–Crippen LogP) is 5.03. The van der Waals surface area contributed by atoms with Gasteiger partial charge in [0, 0.05) is 17.4 Å². The summed E-state index contributed by atoms with van der Waals surface area (Å²) in [4.78, 5) is 17.0. The van der Waals surface area contributed by atoms with Gasteiger partial charge in [0.15, 0.2) is 0 Å². The molecule has 2 aromatic carbocycles. The van der Waals surface area contributed by atoms with Gasteiger partial charge < -0.3 is 4.74 Å². The van der Waals surface area contributed by atoms with Crippen LogP contribution in [-0.2, 0) is 13.0 Å². The number of aromatic nitrogens is 3. The molecule has 0 unspecified atom stereocenters. The van der Waals surface area contributed by atoms with E-state index in [-0.39, 0.29) is 5.91 Å². The molecule has 1 N–H and O–H groups in total. The van der Waals surface area contributed by atoms with Crippen molar-refractivity contribution in [3.63, 3.8) is 0 Å². The number of amides is 1. The maximum absolute atomic E-state index is 12.6. The fraction of sp³-hybridized carbons (Fsp3) is 0.182. The Bertz CT molecular complexity index is 1150. The molecule has 1 amide bonds. The lowest BCUT2D eigenvalue weighted by Gasteiger charge is -2.06. The SMILES string of the molecule is Cc1ccc(Cc2nnc(NC(=O)c3cccc(OCc4csc(C)n4)c3)s2)cc1. The van der Waals surface area contributed by atoms with Gasteiger partial charge in [0.05, 0.1) is 10.7 Å². The number of carbonyl (C=O) groups excluding carboxylic acids is 1. The zero-order chi connectivity index (χ0) is 20.9. The molecule has 4 aromatic rings. The van der Waals surface area contributed by atoms with Crippen molar-refractivity contribution in [2.75, 3.05) is 5.32 Å². The van der Waals surface area contributed by atoms with Crippen molar-refractivity contribution in [1.82, 2.24) is 15.2 Å². The van der Waals surface area contributed by atoms with Gasteiger partial charge in [-0.05, 0) is 37.6 Å². The molecule has 2 heterocycles. The van der Waals surface area contributed by atoms with Gasteiger partial charge in [0.2, 0.25) is 5.13 Å². The van der Waals surface area contributed by atoms with Gasteiger partial charge in [-0.25, -0.2) is 4.98 Å². The molecular weight excluding hydrogens is 416 g/mol. The van der Waals surface area contributed by atoms with E-state index >= 15 is 0 Å². The minimum absolute atomic E-state index is 0.247. The number of benzene rings is 2. The number of rotatable bonds is 7. The van der Waals surface area contributed by atoms with E-state index < -0.39 is 0 Å². The maximum Gasteiger partial charge on any atom is 0.257 e. The summed E-state index contributed by atoms with van der Waals surface area (Å²) in [5.74, 6) is 0.369. The van der Waals surface area contributed by atoms with E-state index in [2.05, 4.69) is 51.7 Å². The number of nitrogens with zero attached hydrogens (tertiary/aromatic N) is 3. The van der Waals surface area contributed by atoms with Crippen molar-refractivity contribution in [3.8, 4) is 5.75 Å². The average Bonchev–Trinajstić information content (AvgIpc) is 3.37. The summed E-state index contributed by atoms with van der Waals surface area (Å²) in [5.41, 5.74) is 3.76. The number of hydrogen-bond donors (Lipinski definition) is 1. The molecule has 6 nitrogen and oxygen atoms in total. The summed E-state index contributed by atoms with van der Waals surface area (Å²) in [6, 6.07) is 15.4. The zero-order valence-electron chi connectivity index (χ0n) is 16.6. The second kappa shape index (κ2) is 9.15. The Hall–Kier alpha value is -3.10. The van der Waals surface area contributed by atoms with Gasteiger partial charge in [-0.15, -0.1) is 21.5 Å². The summed E-state index contributed by atoms with van der Waals surface area (Å²) in [6.07, 6.45) is 0.688. The standard InChI is InChI=1S/C22H20N4O2S2/c1-14-6-8-16(9-7-14)10-20-25-26-22(30-20)24-21(27)17-4-3-5-19(11-17)28-12-18-13-29-15(2)23-18/h3-9,11,13H,10,12H2,1-2H3,(H,24,26,27). The van der Waals surface area contributed by atoms with E-state index in [0.717, 1.165) is 21.3 Å². The normalized spacial score (nSPS) is 10.7. The van der Waals surface area contributed by atoms with E-state index in [1.54, 1.807) is 29.5 Å². The molecule has 0 radical (unpaired) electrons. The smallest absolute Gasteiger partial charge is 0.257 e. The molecular formula is C22H20N4O2S2. The summed E-state index contributed by atoms with van der Waals surface area (Å²) >= 11 is 2.96. The molecule has 0 saturated carbocycles. The number of thiazole rings is 1. The van der Waals surface area contributed by atoms with Crippen LogP contribution in [0.5, 0.6) is 5.75 Å². The zero-order valence-corrected chi connectivity index (χ0v) is 18.2. The highest BCUT2D eigenvalue weighted by Crippen LogP contribution is 2.21. The van der Waals surface area contributed by atoms with E-state index in [1.165, 1.54) is 16.9 Å². The van der Waals surface area contributed by atoms with Crippen molar-refractivity contribution < 1.29 is 9.53 Å². The molecule has 8 heteroatoms. The minimum Gasteiger partial charge on any atom is -0.487 e. The maximum atomic E-state index is 12.6. The molecule has 0 saturated heterocycles. The molecule has 0 fully saturated rings. The molecule has 0 spiro atoms. The van der Waals surface area contributed by atoms with Gasteiger partial charge in [-0.2, -0.15) is 0 Å². The van der Waals surface area contributed by atoms with Crippen LogP contribution in [0.1, 0.15) is 37.2 Å². The predicted molar refractivity (Wildman–Crippen MR) is 119 cm³/mol. The summed E-state index contributed by atoms with van der Waals surface area (Å²) in [7, 11) is 0. The summed E-state index contributed by atoms with van der Waals surface area (Å²) in [6.45, 7) is 4.38. The summed E-state index contributed by atoms with van der Waals surface area (Å²) in [5, 5.41) is 15.4. The Morgan fingerprint density at radius 2 is 1.93 bits per heavy atom. The van der Waals surface area contributed by atoms with Crippen molar-refractivity contribution in [1.29, 1.82) is 0 Å². The molecule has 0 aliphatic heterocycles. The molecule has 0 aliphatic carbocycles. The number of hydrogen-bond acceptors (Lipinski definition) is 7. The molecule has 2 aromatic heterocycles. The third-order valence-corrected chi connectivity index (χ3v) is 5.97. The van der Waals surface area contributed by atoms with Crippen molar-refractivity contribution in [2.45, 2.75) is 26.9 Å². The highest BCUT2D eigenvalue weighted by Gasteiger charge is 2.12. The highest BCUT2D eigenvalue weighted by atomic mass is 32.1. The largest absolute Gasteiger partial charge is 0.487 e. The van der Waals surface area contributed by atoms with Crippen LogP contribution in [-0.4, -0.2) is 21.1 Å². The first-order valence-corrected chi connectivity index (χ1v) is 11.1. The van der Waals surface area contributed by atoms with Crippen molar-refractivity contribution in [2.24, 2.45) is 0 Å². The first kappa shape index (κ1) is 20.2. The van der Waals surface area contributed by atoms with Crippen LogP contribution in [0.15, 0.2) is 53.9 Å². The van der Waals surface area contributed by atoms with Gasteiger partial charge in [-0.3, -0.25) is 10.1 Å². The van der Waals surface area contributed by atoms with Gasteiger partial charge >= 0.3 is 0 Å². The second-order valence-electron chi connectivity index (χ2n) is 6.79.